The minimum atomic E-state index is 1.15. The number of likely N-dealkylation sites (tertiary alicyclic amines) is 1. The highest BCUT2D eigenvalue weighted by Gasteiger charge is 2.09. The molecule has 1 aliphatic rings. The van der Waals surface area contributed by atoms with Gasteiger partial charge in [0.2, 0.25) is 0 Å². The second-order valence-electron chi connectivity index (χ2n) is 5.60. The Morgan fingerprint density at radius 2 is 1.63 bits per heavy atom. The first-order valence-corrected chi connectivity index (χ1v) is 7.92. The van der Waals surface area contributed by atoms with Crippen molar-refractivity contribution in [3.8, 4) is 0 Å². The Morgan fingerprint density at radius 1 is 0.895 bits per heavy atom. The van der Waals surface area contributed by atoms with Gasteiger partial charge in [0, 0.05) is 0 Å². The van der Waals surface area contributed by atoms with Gasteiger partial charge in [0.25, 0.3) is 0 Å². The van der Waals surface area contributed by atoms with E-state index >= 15 is 0 Å². The van der Waals surface area contributed by atoms with E-state index in [-0.39, 0.29) is 0 Å². The van der Waals surface area contributed by atoms with Crippen LogP contribution in [0.2, 0.25) is 0 Å². The van der Waals surface area contributed by atoms with Gasteiger partial charge in [-0.25, -0.2) is 0 Å². The lowest BCUT2D eigenvalue weighted by Gasteiger charge is -2.13. The molecule has 0 bridgehead atoms. The molecule has 0 aromatic heterocycles. The fraction of sp³-hybridized carbons (Fsp3) is 0.647. The van der Waals surface area contributed by atoms with Crippen molar-refractivity contribution in [2.24, 2.45) is 0 Å². The molecular formula is C17H28N2. The number of rotatable bonds is 9. The zero-order chi connectivity index (χ0) is 13.2. The molecule has 1 N–H and O–H groups in total. The van der Waals surface area contributed by atoms with Crippen LogP contribution in [0, 0.1) is 0 Å². The molecule has 1 aromatic carbocycles. The van der Waals surface area contributed by atoms with Gasteiger partial charge >= 0.3 is 0 Å². The van der Waals surface area contributed by atoms with Crippen LogP contribution in [0.25, 0.3) is 0 Å². The van der Waals surface area contributed by atoms with Gasteiger partial charge in [0.1, 0.15) is 0 Å². The molecule has 0 spiro atoms. The highest BCUT2D eigenvalue weighted by Crippen LogP contribution is 2.07. The molecule has 0 saturated carbocycles. The second-order valence-corrected chi connectivity index (χ2v) is 5.60. The Kier molecular flexibility index (Phi) is 6.97. The van der Waals surface area contributed by atoms with Crippen molar-refractivity contribution in [1.82, 2.24) is 10.2 Å². The van der Waals surface area contributed by atoms with E-state index in [9.17, 15) is 0 Å². The number of hydrogen-bond donors (Lipinski definition) is 1. The predicted molar refractivity (Wildman–Crippen MR) is 82.5 cm³/mol. The second kappa shape index (κ2) is 9.11. The molecule has 0 amide bonds. The van der Waals surface area contributed by atoms with E-state index in [0.717, 1.165) is 6.54 Å². The average molecular weight is 260 g/mol. The van der Waals surface area contributed by atoms with Crippen molar-refractivity contribution >= 4 is 0 Å². The first kappa shape index (κ1) is 14.5. The third-order valence-corrected chi connectivity index (χ3v) is 3.94. The highest BCUT2D eigenvalue weighted by atomic mass is 15.1. The highest BCUT2D eigenvalue weighted by molar-refractivity contribution is 5.14. The maximum atomic E-state index is 3.56. The number of benzene rings is 1. The van der Waals surface area contributed by atoms with E-state index in [2.05, 4.69) is 40.5 Å². The third-order valence-electron chi connectivity index (χ3n) is 3.94. The van der Waals surface area contributed by atoms with Crippen molar-refractivity contribution in [2.45, 2.75) is 38.5 Å². The third kappa shape index (κ3) is 6.22. The van der Waals surface area contributed by atoms with Crippen LogP contribution in [0.5, 0.6) is 0 Å². The fourth-order valence-corrected chi connectivity index (χ4v) is 2.78. The molecule has 0 unspecified atom stereocenters. The predicted octanol–water partition coefficient (Wildman–Crippen LogP) is 3.08. The Hall–Kier alpha value is -0.860. The van der Waals surface area contributed by atoms with Crippen LogP contribution in [-0.2, 0) is 6.42 Å². The Labute approximate surface area is 118 Å². The van der Waals surface area contributed by atoms with E-state index in [0.29, 0.717) is 0 Å². The Balaban J connectivity index is 1.38. The molecule has 0 aliphatic carbocycles. The number of nitrogens with one attached hydrogen (secondary N) is 1. The minimum absolute atomic E-state index is 1.15. The summed E-state index contributed by atoms with van der Waals surface area (Å²) in [5.74, 6) is 0. The summed E-state index contributed by atoms with van der Waals surface area (Å²) in [4.78, 5) is 2.61. The van der Waals surface area contributed by atoms with Gasteiger partial charge in [-0.3, -0.25) is 0 Å². The van der Waals surface area contributed by atoms with Gasteiger partial charge < -0.3 is 10.2 Å². The molecular weight excluding hydrogens is 232 g/mol. The lowest BCUT2D eigenvalue weighted by molar-refractivity contribution is 0.329. The quantitative estimate of drug-likeness (QED) is 0.686. The summed E-state index contributed by atoms with van der Waals surface area (Å²) in [6.07, 6.45) is 7.95. The Bertz CT molecular complexity index is 317. The van der Waals surface area contributed by atoms with Crippen molar-refractivity contribution in [3.05, 3.63) is 35.9 Å². The van der Waals surface area contributed by atoms with Gasteiger partial charge in [-0.2, -0.15) is 0 Å². The number of nitrogens with zero attached hydrogens (tertiary/aromatic N) is 1. The van der Waals surface area contributed by atoms with E-state index in [1.165, 1.54) is 70.3 Å². The topological polar surface area (TPSA) is 15.3 Å². The number of unbranched alkanes of at least 4 members (excludes halogenated alkanes) is 1. The summed E-state index contributed by atoms with van der Waals surface area (Å²) in [5.41, 5.74) is 1.46. The van der Waals surface area contributed by atoms with Crippen LogP contribution < -0.4 is 5.32 Å². The molecule has 2 rings (SSSR count). The summed E-state index contributed by atoms with van der Waals surface area (Å²) >= 11 is 0. The van der Waals surface area contributed by atoms with Crippen molar-refractivity contribution in [2.75, 3.05) is 32.7 Å². The first-order valence-electron chi connectivity index (χ1n) is 7.92. The van der Waals surface area contributed by atoms with Crippen molar-refractivity contribution in [1.29, 1.82) is 0 Å². The number of aryl methyl sites for hydroxylation is 1. The van der Waals surface area contributed by atoms with Gasteiger partial charge in [0.15, 0.2) is 0 Å². The summed E-state index contributed by atoms with van der Waals surface area (Å²) in [6, 6.07) is 10.8. The molecule has 1 aliphatic heterocycles. The van der Waals surface area contributed by atoms with Crippen LogP contribution in [0.3, 0.4) is 0 Å². The smallest absolute Gasteiger partial charge is 0.00183 e. The molecule has 1 heterocycles. The monoisotopic (exact) mass is 260 g/mol. The van der Waals surface area contributed by atoms with Crippen LogP contribution in [0.15, 0.2) is 30.3 Å². The normalized spacial score (nSPS) is 16.0. The zero-order valence-corrected chi connectivity index (χ0v) is 12.1. The van der Waals surface area contributed by atoms with Crippen molar-refractivity contribution < 1.29 is 0 Å². The SMILES string of the molecule is c1ccc(CCCNCCCCN2CCCC2)cc1. The lowest BCUT2D eigenvalue weighted by Crippen LogP contribution is -2.22. The summed E-state index contributed by atoms with van der Waals surface area (Å²) in [5, 5.41) is 3.56. The molecule has 0 radical (unpaired) electrons. The lowest BCUT2D eigenvalue weighted by atomic mass is 10.1. The van der Waals surface area contributed by atoms with E-state index < -0.39 is 0 Å². The van der Waals surface area contributed by atoms with Crippen LogP contribution in [0.1, 0.15) is 37.7 Å². The van der Waals surface area contributed by atoms with Gasteiger partial charge in [-0.05, 0) is 76.8 Å². The summed E-state index contributed by atoms with van der Waals surface area (Å²) in [6.45, 7) is 6.32. The maximum Gasteiger partial charge on any atom is -0.00183 e. The van der Waals surface area contributed by atoms with Crippen LogP contribution in [-0.4, -0.2) is 37.6 Å². The Morgan fingerprint density at radius 3 is 2.42 bits per heavy atom. The molecule has 1 saturated heterocycles. The molecule has 0 atom stereocenters. The molecule has 19 heavy (non-hydrogen) atoms. The largest absolute Gasteiger partial charge is 0.317 e. The molecule has 106 valence electrons. The zero-order valence-electron chi connectivity index (χ0n) is 12.1. The summed E-state index contributed by atoms with van der Waals surface area (Å²) in [7, 11) is 0. The maximum absolute atomic E-state index is 3.56. The molecule has 2 heteroatoms. The van der Waals surface area contributed by atoms with Gasteiger partial charge in [-0.15, -0.1) is 0 Å². The van der Waals surface area contributed by atoms with E-state index in [1.54, 1.807) is 0 Å². The standard InChI is InChI=1S/C17H28N2/c1-2-9-17(10-3-1)11-8-13-18-12-4-5-14-19-15-6-7-16-19/h1-3,9-10,18H,4-8,11-16H2. The number of hydrogen-bond acceptors (Lipinski definition) is 2. The summed E-state index contributed by atoms with van der Waals surface area (Å²) < 4.78 is 0. The van der Waals surface area contributed by atoms with E-state index in [1.807, 2.05) is 0 Å². The van der Waals surface area contributed by atoms with Crippen LogP contribution >= 0.6 is 0 Å². The van der Waals surface area contributed by atoms with Gasteiger partial charge in [0.05, 0.1) is 0 Å². The van der Waals surface area contributed by atoms with Gasteiger partial charge in [-0.1, -0.05) is 30.3 Å². The fourth-order valence-electron chi connectivity index (χ4n) is 2.78. The minimum Gasteiger partial charge on any atom is -0.317 e. The average Bonchev–Trinajstić information content (AvgIpc) is 2.96. The van der Waals surface area contributed by atoms with E-state index in [4.69, 9.17) is 0 Å². The first-order chi connectivity index (χ1) is 9.45. The molecule has 1 fully saturated rings. The molecule has 2 nitrogen and oxygen atoms in total. The molecule has 1 aromatic rings. The van der Waals surface area contributed by atoms with Crippen LogP contribution in [0.4, 0.5) is 0 Å². The van der Waals surface area contributed by atoms with Crippen molar-refractivity contribution in [3.63, 3.8) is 0 Å².